The van der Waals surface area contributed by atoms with Gasteiger partial charge in [-0.3, -0.25) is 0 Å². The number of aliphatic hydroxyl groups is 1. The number of aliphatic hydroxyl groups excluding tert-OH is 1. The van der Waals surface area contributed by atoms with E-state index in [-0.39, 0.29) is 23.2 Å². The molecular formula is C12H18N2O3S. The largest absolute Gasteiger partial charge is 0.398 e. The number of nitrogens with two attached hydrogens (primary N) is 1. The van der Waals surface area contributed by atoms with Crippen molar-refractivity contribution in [1.82, 2.24) is 4.31 Å². The minimum atomic E-state index is -3.60. The third-order valence-electron chi connectivity index (χ3n) is 3.29. The van der Waals surface area contributed by atoms with Crippen LogP contribution in [-0.4, -0.2) is 37.0 Å². The predicted octanol–water partition coefficient (Wildman–Crippen LogP) is 0.723. The van der Waals surface area contributed by atoms with Gasteiger partial charge >= 0.3 is 0 Å². The Morgan fingerprint density at radius 2 is 2.22 bits per heavy atom. The van der Waals surface area contributed by atoms with Crippen molar-refractivity contribution in [2.75, 3.05) is 18.9 Å². The number of anilines is 1. The van der Waals surface area contributed by atoms with Gasteiger partial charge in [-0.25, -0.2) is 8.42 Å². The number of aryl methyl sites for hydroxylation is 1. The van der Waals surface area contributed by atoms with Gasteiger partial charge in [0.1, 0.15) is 4.90 Å². The lowest BCUT2D eigenvalue weighted by molar-refractivity contribution is 0.213. The molecule has 100 valence electrons. The zero-order valence-electron chi connectivity index (χ0n) is 10.3. The van der Waals surface area contributed by atoms with Gasteiger partial charge in [-0.05, 0) is 37.5 Å². The van der Waals surface area contributed by atoms with Gasteiger partial charge in [0.25, 0.3) is 0 Å². The van der Waals surface area contributed by atoms with Crippen LogP contribution in [0.2, 0.25) is 0 Å². The summed E-state index contributed by atoms with van der Waals surface area (Å²) in [6.45, 7) is 2.16. The molecule has 0 radical (unpaired) electrons. The third kappa shape index (κ3) is 2.23. The summed E-state index contributed by atoms with van der Waals surface area (Å²) in [5.74, 6) is 0. The Morgan fingerprint density at radius 3 is 2.83 bits per heavy atom. The monoisotopic (exact) mass is 270 g/mol. The molecular weight excluding hydrogens is 252 g/mol. The Morgan fingerprint density at radius 1 is 1.50 bits per heavy atom. The van der Waals surface area contributed by atoms with E-state index in [4.69, 9.17) is 5.73 Å². The average Bonchev–Trinajstić information content (AvgIpc) is 2.76. The molecule has 1 heterocycles. The van der Waals surface area contributed by atoms with Crippen molar-refractivity contribution >= 4 is 15.7 Å². The van der Waals surface area contributed by atoms with Gasteiger partial charge in [0.15, 0.2) is 0 Å². The fraction of sp³-hybridized carbons (Fsp3) is 0.500. The van der Waals surface area contributed by atoms with Crippen LogP contribution in [0.4, 0.5) is 5.69 Å². The normalized spacial score (nSPS) is 21.3. The zero-order chi connectivity index (χ0) is 13.3. The molecule has 1 aliphatic heterocycles. The summed E-state index contributed by atoms with van der Waals surface area (Å²) in [5, 5.41) is 9.22. The molecule has 1 fully saturated rings. The Labute approximate surface area is 107 Å². The van der Waals surface area contributed by atoms with Crippen LogP contribution in [0, 0.1) is 6.92 Å². The smallest absolute Gasteiger partial charge is 0.245 e. The maximum atomic E-state index is 12.5. The summed E-state index contributed by atoms with van der Waals surface area (Å²) in [6, 6.07) is 4.59. The van der Waals surface area contributed by atoms with Gasteiger partial charge in [0, 0.05) is 12.6 Å². The lowest BCUT2D eigenvalue weighted by atomic mass is 10.2. The molecule has 1 aromatic rings. The van der Waals surface area contributed by atoms with Crippen LogP contribution >= 0.6 is 0 Å². The molecule has 0 bridgehead atoms. The lowest BCUT2D eigenvalue weighted by Crippen LogP contribution is -2.37. The summed E-state index contributed by atoms with van der Waals surface area (Å²) in [7, 11) is -3.60. The first-order valence-corrected chi connectivity index (χ1v) is 7.39. The second-order valence-corrected chi connectivity index (χ2v) is 6.49. The van der Waals surface area contributed by atoms with Crippen molar-refractivity contribution in [1.29, 1.82) is 0 Å². The second kappa shape index (κ2) is 4.87. The highest BCUT2D eigenvalue weighted by molar-refractivity contribution is 7.89. The molecule has 3 N–H and O–H groups in total. The quantitative estimate of drug-likeness (QED) is 0.793. The van der Waals surface area contributed by atoms with Crippen molar-refractivity contribution in [2.24, 2.45) is 0 Å². The van der Waals surface area contributed by atoms with E-state index in [0.29, 0.717) is 13.0 Å². The molecule has 1 saturated heterocycles. The van der Waals surface area contributed by atoms with Gasteiger partial charge in [-0.2, -0.15) is 4.31 Å². The SMILES string of the molecule is Cc1ccc(S(=O)(=O)N2CCC[C@@H]2CO)c(N)c1. The van der Waals surface area contributed by atoms with Crippen molar-refractivity contribution < 1.29 is 13.5 Å². The molecule has 0 unspecified atom stereocenters. The number of hydrogen-bond donors (Lipinski definition) is 2. The van der Waals surface area contributed by atoms with E-state index < -0.39 is 10.0 Å². The Balaban J connectivity index is 2.42. The minimum absolute atomic E-state index is 0.133. The van der Waals surface area contributed by atoms with E-state index in [0.717, 1.165) is 12.0 Å². The van der Waals surface area contributed by atoms with Gasteiger partial charge < -0.3 is 10.8 Å². The van der Waals surface area contributed by atoms with Gasteiger partial charge in [-0.1, -0.05) is 6.07 Å². The highest BCUT2D eigenvalue weighted by Crippen LogP contribution is 2.29. The molecule has 6 heteroatoms. The van der Waals surface area contributed by atoms with E-state index in [9.17, 15) is 13.5 Å². The maximum Gasteiger partial charge on any atom is 0.245 e. The summed E-state index contributed by atoms with van der Waals surface area (Å²) in [5.41, 5.74) is 6.98. The fourth-order valence-corrected chi connectivity index (χ4v) is 4.12. The minimum Gasteiger partial charge on any atom is -0.398 e. The molecule has 1 aromatic carbocycles. The zero-order valence-corrected chi connectivity index (χ0v) is 11.2. The number of rotatable bonds is 3. The van der Waals surface area contributed by atoms with Gasteiger partial charge in [0.2, 0.25) is 10.0 Å². The van der Waals surface area contributed by atoms with E-state index in [1.54, 1.807) is 12.1 Å². The van der Waals surface area contributed by atoms with E-state index in [1.807, 2.05) is 6.92 Å². The predicted molar refractivity (Wildman–Crippen MR) is 69.6 cm³/mol. The van der Waals surface area contributed by atoms with Gasteiger partial charge in [0.05, 0.1) is 12.3 Å². The van der Waals surface area contributed by atoms with Gasteiger partial charge in [-0.15, -0.1) is 0 Å². The summed E-state index contributed by atoms with van der Waals surface area (Å²) >= 11 is 0. The van der Waals surface area contributed by atoms with Crippen molar-refractivity contribution in [3.63, 3.8) is 0 Å². The van der Waals surface area contributed by atoms with Crippen LogP contribution in [0.25, 0.3) is 0 Å². The molecule has 1 aliphatic rings. The third-order valence-corrected chi connectivity index (χ3v) is 5.31. The number of benzene rings is 1. The summed E-state index contributed by atoms with van der Waals surface area (Å²) in [4.78, 5) is 0.133. The Bertz CT molecular complexity index is 542. The summed E-state index contributed by atoms with van der Waals surface area (Å²) in [6.07, 6.45) is 1.47. The molecule has 0 aliphatic carbocycles. The van der Waals surface area contributed by atoms with Crippen LogP contribution in [0.5, 0.6) is 0 Å². The first kappa shape index (κ1) is 13.3. The summed E-state index contributed by atoms with van der Waals surface area (Å²) < 4.78 is 26.3. The van der Waals surface area contributed by atoms with Crippen molar-refractivity contribution in [3.05, 3.63) is 23.8 Å². The van der Waals surface area contributed by atoms with Crippen LogP contribution < -0.4 is 5.73 Å². The number of nitrogens with zero attached hydrogens (tertiary/aromatic N) is 1. The topological polar surface area (TPSA) is 83.6 Å². The number of nitrogen functional groups attached to an aromatic ring is 1. The maximum absolute atomic E-state index is 12.5. The van der Waals surface area contributed by atoms with E-state index in [1.165, 1.54) is 10.4 Å². The van der Waals surface area contributed by atoms with E-state index >= 15 is 0 Å². The Hall–Kier alpha value is -1.11. The van der Waals surface area contributed by atoms with Crippen LogP contribution in [-0.2, 0) is 10.0 Å². The van der Waals surface area contributed by atoms with Crippen LogP contribution in [0.3, 0.4) is 0 Å². The van der Waals surface area contributed by atoms with E-state index in [2.05, 4.69) is 0 Å². The van der Waals surface area contributed by atoms with Crippen molar-refractivity contribution in [2.45, 2.75) is 30.7 Å². The molecule has 0 saturated carbocycles. The van der Waals surface area contributed by atoms with Crippen LogP contribution in [0.1, 0.15) is 18.4 Å². The fourth-order valence-electron chi connectivity index (χ4n) is 2.34. The highest BCUT2D eigenvalue weighted by atomic mass is 32.2. The molecule has 5 nitrogen and oxygen atoms in total. The first-order valence-electron chi connectivity index (χ1n) is 5.95. The first-order chi connectivity index (χ1) is 8.46. The number of sulfonamides is 1. The second-order valence-electron chi connectivity index (χ2n) is 4.64. The highest BCUT2D eigenvalue weighted by Gasteiger charge is 2.35. The molecule has 0 amide bonds. The lowest BCUT2D eigenvalue weighted by Gasteiger charge is -2.23. The molecule has 1 atom stereocenters. The standard InChI is InChI=1S/C12H18N2O3S/c1-9-4-5-12(11(13)7-9)18(16,17)14-6-2-3-10(14)8-15/h4-5,7,10,15H,2-3,6,8,13H2,1H3/t10-/m1/s1. The number of hydrogen-bond acceptors (Lipinski definition) is 4. The Kier molecular flexibility index (Phi) is 3.61. The van der Waals surface area contributed by atoms with Crippen molar-refractivity contribution in [3.8, 4) is 0 Å². The van der Waals surface area contributed by atoms with Crippen LogP contribution in [0.15, 0.2) is 23.1 Å². The molecule has 0 aromatic heterocycles. The molecule has 0 spiro atoms. The molecule has 2 rings (SSSR count). The average molecular weight is 270 g/mol. The molecule has 18 heavy (non-hydrogen) atoms.